The molecule has 1 heterocycles. The second-order valence-corrected chi connectivity index (χ2v) is 4.64. The average Bonchev–Trinajstić information content (AvgIpc) is 2.02. The summed E-state index contributed by atoms with van der Waals surface area (Å²) in [6, 6.07) is 0. The van der Waals surface area contributed by atoms with Crippen molar-refractivity contribution >= 4 is 28.5 Å². The van der Waals surface area contributed by atoms with Crippen LogP contribution in [0.1, 0.15) is 13.8 Å². The van der Waals surface area contributed by atoms with Gasteiger partial charge in [0.05, 0.1) is 5.60 Å². The topological polar surface area (TPSA) is 58.0 Å². The molecule has 1 rings (SSSR count). The van der Waals surface area contributed by atoms with Gasteiger partial charge in [-0.1, -0.05) is 0 Å². The van der Waals surface area contributed by atoms with E-state index in [1.165, 1.54) is 0 Å². The summed E-state index contributed by atoms with van der Waals surface area (Å²) >= 11 is 2.14. The third-order valence-corrected chi connectivity index (χ3v) is 1.86. The molecule has 72 valence electrons. The molecule has 0 aromatic carbocycles. The lowest BCUT2D eigenvalue weighted by Gasteiger charge is -2.17. The predicted molar refractivity (Wildman–Crippen MR) is 59.5 cm³/mol. The molecule has 0 radical (unpaired) electrons. The Balaban J connectivity index is 2.51. The van der Waals surface area contributed by atoms with Crippen LogP contribution >= 0.6 is 22.6 Å². The molecule has 0 unspecified atom stereocenters. The zero-order chi connectivity index (χ0) is 9.90. The van der Waals surface area contributed by atoms with Crippen LogP contribution in [-0.2, 0) is 0 Å². The van der Waals surface area contributed by atoms with Gasteiger partial charge in [0.25, 0.3) is 0 Å². The number of rotatable bonds is 3. The number of aliphatic hydroxyl groups is 1. The van der Waals surface area contributed by atoms with Gasteiger partial charge in [0, 0.05) is 22.5 Å². The van der Waals surface area contributed by atoms with Crippen LogP contribution < -0.4 is 5.32 Å². The Morgan fingerprint density at radius 3 is 2.46 bits per heavy atom. The van der Waals surface area contributed by atoms with Crippen molar-refractivity contribution in [3.05, 3.63) is 16.0 Å². The number of anilines is 1. The smallest absolute Gasteiger partial charge is 0.222 e. The number of hydrogen-bond donors (Lipinski definition) is 2. The average molecular weight is 293 g/mol. The fraction of sp³-hybridized carbons (Fsp3) is 0.500. The van der Waals surface area contributed by atoms with Crippen LogP contribution in [0.2, 0.25) is 0 Å². The number of halogens is 1. The van der Waals surface area contributed by atoms with Crippen LogP contribution in [0.4, 0.5) is 5.95 Å². The van der Waals surface area contributed by atoms with Gasteiger partial charge in [-0.25, -0.2) is 9.97 Å². The second kappa shape index (κ2) is 4.19. The van der Waals surface area contributed by atoms with Crippen molar-refractivity contribution in [1.82, 2.24) is 9.97 Å². The lowest BCUT2D eigenvalue weighted by Crippen LogP contribution is -2.29. The number of nitrogens with one attached hydrogen (secondary N) is 1. The molecule has 13 heavy (non-hydrogen) atoms. The molecule has 0 bridgehead atoms. The SMILES string of the molecule is CC(C)(O)CNc1ncc(I)cn1. The quantitative estimate of drug-likeness (QED) is 0.824. The van der Waals surface area contributed by atoms with E-state index in [4.69, 9.17) is 0 Å². The summed E-state index contributed by atoms with van der Waals surface area (Å²) in [5.41, 5.74) is -0.744. The van der Waals surface area contributed by atoms with Crippen LogP contribution in [0.15, 0.2) is 12.4 Å². The van der Waals surface area contributed by atoms with E-state index >= 15 is 0 Å². The monoisotopic (exact) mass is 293 g/mol. The van der Waals surface area contributed by atoms with Gasteiger partial charge < -0.3 is 10.4 Å². The summed E-state index contributed by atoms with van der Waals surface area (Å²) < 4.78 is 0.992. The maximum Gasteiger partial charge on any atom is 0.222 e. The summed E-state index contributed by atoms with van der Waals surface area (Å²) in [7, 11) is 0. The van der Waals surface area contributed by atoms with Crippen LogP contribution in [0.25, 0.3) is 0 Å². The molecule has 0 spiro atoms. The molecule has 1 aromatic rings. The normalized spacial score (nSPS) is 11.4. The molecule has 1 aromatic heterocycles. The Morgan fingerprint density at radius 1 is 1.46 bits per heavy atom. The molecule has 0 aliphatic carbocycles. The minimum Gasteiger partial charge on any atom is -0.389 e. The highest BCUT2D eigenvalue weighted by Gasteiger charge is 2.11. The molecule has 0 aliphatic heterocycles. The summed E-state index contributed by atoms with van der Waals surface area (Å²) in [5.74, 6) is 0.544. The molecule has 0 atom stereocenters. The predicted octanol–water partition coefficient (Wildman–Crippen LogP) is 1.26. The molecule has 5 heteroatoms. The van der Waals surface area contributed by atoms with Gasteiger partial charge in [0.15, 0.2) is 0 Å². The lowest BCUT2D eigenvalue weighted by atomic mass is 10.1. The lowest BCUT2D eigenvalue weighted by molar-refractivity contribution is 0.0943. The minimum atomic E-state index is -0.744. The third kappa shape index (κ3) is 4.37. The van der Waals surface area contributed by atoms with E-state index in [2.05, 4.69) is 37.9 Å². The highest BCUT2D eigenvalue weighted by Crippen LogP contribution is 2.05. The number of hydrogen-bond acceptors (Lipinski definition) is 4. The van der Waals surface area contributed by atoms with Crippen LogP contribution in [0.3, 0.4) is 0 Å². The maximum absolute atomic E-state index is 9.41. The first-order chi connectivity index (χ1) is 5.97. The van der Waals surface area contributed by atoms with Crippen molar-refractivity contribution < 1.29 is 5.11 Å². The molecule has 0 saturated heterocycles. The molecular formula is C8H12IN3O. The van der Waals surface area contributed by atoms with Gasteiger partial charge in [0.1, 0.15) is 0 Å². The Labute approximate surface area is 90.9 Å². The van der Waals surface area contributed by atoms with Crippen molar-refractivity contribution in [2.45, 2.75) is 19.4 Å². The van der Waals surface area contributed by atoms with E-state index in [0.29, 0.717) is 12.5 Å². The van der Waals surface area contributed by atoms with Gasteiger partial charge in [0.2, 0.25) is 5.95 Å². The first-order valence-corrected chi connectivity index (χ1v) is 4.99. The standard InChI is InChI=1S/C8H12IN3O/c1-8(2,13)5-12-7-10-3-6(9)4-11-7/h3-4,13H,5H2,1-2H3,(H,10,11,12). The number of aromatic nitrogens is 2. The summed E-state index contributed by atoms with van der Waals surface area (Å²) in [4.78, 5) is 8.08. The van der Waals surface area contributed by atoms with Crippen LogP contribution in [0, 0.1) is 3.57 Å². The number of nitrogens with zero attached hydrogens (tertiary/aromatic N) is 2. The van der Waals surface area contributed by atoms with Gasteiger partial charge >= 0.3 is 0 Å². The highest BCUT2D eigenvalue weighted by atomic mass is 127. The molecule has 4 nitrogen and oxygen atoms in total. The van der Waals surface area contributed by atoms with Crippen LogP contribution in [-0.4, -0.2) is 27.2 Å². The van der Waals surface area contributed by atoms with E-state index in [-0.39, 0.29) is 0 Å². The zero-order valence-corrected chi connectivity index (χ0v) is 9.74. The van der Waals surface area contributed by atoms with E-state index in [1.54, 1.807) is 26.2 Å². The van der Waals surface area contributed by atoms with E-state index in [0.717, 1.165) is 3.57 Å². The van der Waals surface area contributed by atoms with Crippen molar-refractivity contribution in [3.63, 3.8) is 0 Å². The van der Waals surface area contributed by atoms with Crippen molar-refractivity contribution in [3.8, 4) is 0 Å². The molecule has 0 aliphatic rings. The Morgan fingerprint density at radius 2 is 2.00 bits per heavy atom. The second-order valence-electron chi connectivity index (χ2n) is 3.39. The van der Waals surface area contributed by atoms with E-state index in [1.807, 2.05) is 0 Å². The Bertz CT molecular complexity index is 268. The summed E-state index contributed by atoms with van der Waals surface area (Å²) in [6.07, 6.45) is 3.44. The Hall–Kier alpha value is -0.430. The first-order valence-electron chi connectivity index (χ1n) is 3.91. The fourth-order valence-corrected chi connectivity index (χ4v) is 0.977. The minimum absolute atomic E-state index is 0.438. The maximum atomic E-state index is 9.41. The zero-order valence-electron chi connectivity index (χ0n) is 7.58. The largest absolute Gasteiger partial charge is 0.389 e. The highest BCUT2D eigenvalue weighted by molar-refractivity contribution is 14.1. The molecule has 0 fully saturated rings. The fourth-order valence-electron chi connectivity index (χ4n) is 0.699. The first kappa shape index (κ1) is 10.6. The molecule has 0 saturated carbocycles. The van der Waals surface area contributed by atoms with Crippen molar-refractivity contribution in [2.24, 2.45) is 0 Å². The van der Waals surface area contributed by atoms with Gasteiger partial charge in [-0.15, -0.1) is 0 Å². The molecule has 0 amide bonds. The van der Waals surface area contributed by atoms with Gasteiger partial charge in [-0.2, -0.15) is 0 Å². The summed E-state index contributed by atoms with van der Waals surface area (Å²) in [5, 5.41) is 12.4. The van der Waals surface area contributed by atoms with Gasteiger partial charge in [-0.05, 0) is 36.4 Å². The van der Waals surface area contributed by atoms with E-state index in [9.17, 15) is 5.11 Å². The van der Waals surface area contributed by atoms with Crippen molar-refractivity contribution in [1.29, 1.82) is 0 Å². The van der Waals surface area contributed by atoms with Crippen molar-refractivity contribution in [2.75, 3.05) is 11.9 Å². The Kier molecular flexibility index (Phi) is 3.43. The van der Waals surface area contributed by atoms with Gasteiger partial charge in [-0.3, -0.25) is 0 Å². The molecular weight excluding hydrogens is 281 g/mol. The van der Waals surface area contributed by atoms with E-state index < -0.39 is 5.60 Å². The van der Waals surface area contributed by atoms with Crippen LogP contribution in [0.5, 0.6) is 0 Å². The third-order valence-electron chi connectivity index (χ3n) is 1.30. The molecule has 2 N–H and O–H groups in total. The summed E-state index contributed by atoms with van der Waals surface area (Å²) in [6.45, 7) is 3.90.